The van der Waals surface area contributed by atoms with E-state index in [1.165, 1.54) is 36.4 Å². The molecule has 0 aliphatic carbocycles. The second-order valence-electron chi connectivity index (χ2n) is 5.60. The number of amides is 2. The first-order valence-electron chi connectivity index (χ1n) is 7.30. The Bertz CT molecular complexity index is 930. The van der Waals surface area contributed by atoms with Crippen molar-refractivity contribution in [2.45, 2.75) is 6.10 Å². The zero-order valence-corrected chi connectivity index (χ0v) is 13.2. The van der Waals surface area contributed by atoms with E-state index in [2.05, 4.69) is 5.16 Å². The topological polar surface area (TPSA) is 59.0 Å². The van der Waals surface area contributed by atoms with E-state index in [0.717, 1.165) is 11.0 Å². The van der Waals surface area contributed by atoms with Crippen molar-refractivity contribution in [3.63, 3.8) is 0 Å². The summed E-state index contributed by atoms with van der Waals surface area (Å²) in [5.41, 5.74) is 0.881. The third-order valence-electron chi connectivity index (χ3n) is 4.11. The highest BCUT2D eigenvalue weighted by Crippen LogP contribution is 2.36. The highest BCUT2D eigenvalue weighted by atomic mass is 35.5. The number of fused-ring (bicyclic) bond motifs is 1. The number of anilines is 1. The molecular weight excluding hydrogens is 354 g/mol. The van der Waals surface area contributed by atoms with Crippen molar-refractivity contribution in [3.8, 4) is 0 Å². The molecule has 0 bridgehead atoms. The van der Waals surface area contributed by atoms with Crippen LogP contribution in [0.25, 0.3) is 0 Å². The number of nitrogens with zero attached hydrogens (tertiary/aromatic N) is 2. The summed E-state index contributed by atoms with van der Waals surface area (Å²) in [5.74, 6) is -3.20. The molecule has 0 spiro atoms. The lowest BCUT2D eigenvalue weighted by Gasteiger charge is -2.15. The molecule has 5 nitrogen and oxygen atoms in total. The zero-order chi connectivity index (χ0) is 17.7. The van der Waals surface area contributed by atoms with Crippen LogP contribution in [-0.4, -0.2) is 23.6 Å². The van der Waals surface area contributed by atoms with Gasteiger partial charge in [0.15, 0.2) is 0 Å². The fourth-order valence-electron chi connectivity index (χ4n) is 2.92. The molecule has 2 amide bonds. The van der Waals surface area contributed by atoms with Gasteiger partial charge in [0.1, 0.15) is 23.3 Å². The smallest absolute Gasteiger partial charge is 0.278 e. The van der Waals surface area contributed by atoms with Gasteiger partial charge in [0, 0.05) is 5.56 Å². The molecule has 0 N–H and O–H groups in total. The van der Waals surface area contributed by atoms with Crippen LogP contribution < -0.4 is 4.90 Å². The van der Waals surface area contributed by atoms with Gasteiger partial charge in [0.25, 0.3) is 5.91 Å². The second-order valence-corrected chi connectivity index (χ2v) is 6.00. The Hall–Kier alpha value is -2.80. The highest BCUT2D eigenvalue weighted by molar-refractivity contribution is 6.34. The standard InChI is InChI=1S/C17H9ClF2N2O3/c18-11-7-10(5-6-12(11)20)22-16(23)13-14(21-25-15(13)17(22)24)8-1-3-9(19)4-2-8/h1-7,13,15H/t13-,15-/m1/s1. The lowest BCUT2D eigenvalue weighted by atomic mass is 9.94. The van der Waals surface area contributed by atoms with Gasteiger partial charge in [0.05, 0.1) is 10.7 Å². The number of hydrogen-bond acceptors (Lipinski definition) is 4. The fourth-order valence-corrected chi connectivity index (χ4v) is 3.09. The Morgan fingerprint density at radius 1 is 1.04 bits per heavy atom. The fraction of sp³-hybridized carbons (Fsp3) is 0.118. The zero-order valence-electron chi connectivity index (χ0n) is 12.4. The van der Waals surface area contributed by atoms with E-state index >= 15 is 0 Å². The minimum Gasteiger partial charge on any atom is -0.381 e. The van der Waals surface area contributed by atoms with E-state index in [4.69, 9.17) is 16.4 Å². The van der Waals surface area contributed by atoms with Gasteiger partial charge < -0.3 is 4.84 Å². The lowest BCUT2D eigenvalue weighted by Crippen LogP contribution is -2.33. The van der Waals surface area contributed by atoms with Gasteiger partial charge in [-0.15, -0.1) is 0 Å². The molecule has 0 unspecified atom stereocenters. The highest BCUT2D eigenvalue weighted by Gasteiger charge is 2.56. The molecule has 1 saturated heterocycles. The van der Waals surface area contributed by atoms with Crippen LogP contribution in [0.1, 0.15) is 5.56 Å². The number of carbonyl (C=O) groups excluding carboxylic acids is 2. The minimum atomic E-state index is -1.10. The molecule has 0 aromatic heterocycles. The van der Waals surface area contributed by atoms with Crippen molar-refractivity contribution in [2.24, 2.45) is 11.1 Å². The van der Waals surface area contributed by atoms with Crippen molar-refractivity contribution in [3.05, 3.63) is 64.7 Å². The first-order chi connectivity index (χ1) is 12.0. The van der Waals surface area contributed by atoms with Crippen molar-refractivity contribution >= 4 is 34.8 Å². The summed E-state index contributed by atoms with van der Waals surface area (Å²) in [6.07, 6.45) is -1.10. The Labute approximate surface area is 145 Å². The Morgan fingerprint density at radius 2 is 1.76 bits per heavy atom. The van der Waals surface area contributed by atoms with Crippen LogP contribution in [-0.2, 0) is 14.4 Å². The van der Waals surface area contributed by atoms with Gasteiger partial charge in [-0.05, 0) is 30.3 Å². The van der Waals surface area contributed by atoms with Gasteiger partial charge in [-0.25, -0.2) is 13.7 Å². The normalized spacial score (nSPS) is 22.0. The molecule has 25 heavy (non-hydrogen) atoms. The third-order valence-corrected chi connectivity index (χ3v) is 4.40. The van der Waals surface area contributed by atoms with Gasteiger partial charge >= 0.3 is 0 Å². The van der Waals surface area contributed by atoms with E-state index in [1.54, 1.807) is 0 Å². The minimum absolute atomic E-state index is 0.151. The lowest BCUT2D eigenvalue weighted by molar-refractivity contribution is -0.126. The van der Waals surface area contributed by atoms with Crippen LogP contribution in [0.15, 0.2) is 47.6 Å². The number of hydrogen-bond donors (Lipinski definition) is 0. The van der Waals surface area contributed by atoms with Crippen molar-refractivity contribution in [1.82, 2.24) is 0 Å². The molecule has 2 heterocycles. The van der Waals surface area contributed by atoms with Crippen LogP contribution >= 0.6 is 11.6 Å². The van der Waals surface area contributed by atoms with Gasteiger partial charge in [-0.3, -0.25) is 9.59 Å². The summed E-state index contributed by atoms with van der Waals surface area (Å²) < 4.78 is 26.4. The molecule has 2 atom stereocenters. The summed E-state index contributed by atoms with van der Waals surface area (Å²) >= 11 is 5.73. The number of oxime groups is 1. The first kappa shape index (κ1) is 15.7. The van der Waals surface area contributed by atoms with Crippen LogP contribution in [0.5, 0.6) is 0 Å². The van der Waals surface area contributed by atoms with Crippen LogP contribution in [0, 0.1) is 17.6 Å². The van der Waals surface area contributed by atoms with E-state index in [0.29, 0.717) is 5.56 Å². The van der Waals surface area contributed by atoms with Crippen LogP contribution in [0.4, 0.5) is 14.5 Å². The first-order valence-corrected chi connectivity index (χ1v) is 7.67. The molecule has 2 aliphatic heterocycles. The van der Waals surface area contributed by atoms with Crippen molar-refractivity contribution < 1.29 is 23.2 Å². The summed E-state index contributed by atoms with van der Waals surface area (Å²) in [6, 6.07) is 8.91. The Morgan fingerprint density at radius 3 is 2.44 bits per heavy atom. The van der Waals surface area contributed by atoms with Crippen LogP contribution in [0.2, 0.25) is 5.02 Å². The predicted molar refractivity (Wildman–Crippen MR) is 85.2 cm³/mol. The van der Waals surface area contributed by atoms with E-state index < -0.39 is 35.5 Å². The summed E-state index contributed by atoms with van der Waals surface area (Å²) in [6.45, 7) is 0. The number of halogens is 3. The maximum Gasteiger partial charge on any atom is 0.278 e. The SMILES string of the molecule is O=C1[C@@H]2C(c3ccc(F)cc3)=NO[C@H]2C(=O)N1c1ccc(F)c(Cl)c1. The van der Waals surface area contributed by atoms with Crippen LogP contribution in [0.3, 0.4) is 0 Å². The number of imide groups is 1. The largest absolute Gasteiger partial charge is 0.381 e. The second kappa shape index (κ2) is 5.63. The summed E-state index contributed by atoms with van der Waals surface area (Å²) in [4.78, 5) is 31.4. The molecular formula is C17H9ClF2N2O3. The number of benzene rings is 2. The van der Waals surface area contributed by atoms with Gasteiger partial charge in [0.2, 0.25) is 12.0 Å². The quantitative estimate of drug-likeness (QED) is 0.772. The Balaban J connectivity index is 1.70. The molecule has 8 heteroatoms. The van der Waals surface area contributed by atoms with Gasteiger partial charge in [-0.1, -0.05) is 28.9 Å². The molecule has 2 aliphatic rings. The van der Waals surface area contributed by atoms with E-state index in [9.17, 15) is 18.4 Å². The molecule has 4 rings (SSSR count). The van der Waals surface area contributed by atoms with Crippen molar-refractivity contribution in [2.75, 3.05) is 4.90 Å². The van der Waals surface area contributed by atoms with E-state index in [-0.39, 0.29) is 16.4 Å². The maximum atomic E-state index is 13.3. The summed E-state index contributed by atoms with van der Waals surface area (Å²) in [5, 5.41) is 3.62. The predicted octanol–water partition coefficient (Wildman–Crippen LogP) is 2.91. The third kappa shape index (κ3) is 2.39. The molecule has 1 fully saturated rings. The monoisotopic (exact) mass is 362 g/mol. The van der Waals surface area contributed by atoms with Crippen molar-refractivity contribution in [1.29, 1.82) is 0 Å². The Kier molecular flexibility index (Phi) is 3.54. The van der Waals surface area contributed by atoms with E-state index in [1.807, 2.05) is 0 Å². The van der Waals surface area contributed by atoms with Gasteiger partial charge in [-0.2, -0.15) is 0 Å². The molecule has 126 valence electrons. The molecule has 0 radical (unpaired) electrons. The average molecular weight is 363 g/mol. The molecule has 2 aromatic carbocycles. The maximum absolute atomic E-state index is 13.3. The molecule has 0 saturated carbocycles. The molecule has 2 aromatic rings. The average Bonchev–Trinajstić information content (AvgIpc) is 3.12. The number of carbonyl (C=O) groups is 2. The number of rotatable bonds is 2. The summed E-state index contributed by atoms with van der Waals surface area (Å²) in [7, 11) is 0.